The smallest absolute Gasteiger partial charge is 0.331 e. The number of halogens is 3. The lowest BCUT2D eigenvalue weighted by Crippen LogP contribution is -2.29. The quantitative estimate of drug-likeness (QED) is 0.803. The third-order valence-electron chi connectivity index (χ3n) is 2.38. The van der Waals surface area contributed by atoms with Crippen molar-refractivity contribution in [3.8, 4) is 0 Å². The summed E-state index contributed by atoms with van der Waals surface area (Å²) in [6, 6.07) is 3.67. The van der Waals surface area contributed by atoms with Crippen LogP contribution < -0.4 is 16.4 Å². The summed E-state index contributed by atoms with van der Waals surface area (Å²) in [7, 11) is 0. The van der Waals surface area contributed by atoms with Crippen molar-refractivity contribution >= 4 is 11.7 Å². The van der Waals surface area contributed by atoms with Crippen molar-refractivity contribution in [3.63, 3.8) is 0 Å². The molecule has 0 spiro atoms. The zero-order valence-electron chi connectivity index (χ0n) is 10.3. The van der Waals surface area contributed by atoms with E-state index in [0.717, 1.165) is 12.1 Å². The van der Waals surface area contributed by atoms with Gasteiger partial charge >= 0.3 is 18.0 Å². The molecule has 2 aromatic rings. The summed E-state index contributed by atoms with van der Waals surface area (Å²) in [6.07, 6.45) is -4.58. The van der Waals surface area contributed by atoms with E-state index in [4.69, 9.17) is 0 Å². The molecule has 0 atom stereocenters. The van der Waals surface area contributed by atoms with Crippen LogP contribution in [0.25, 0.3) is 0 Å². The second-order valence-electron chi connectivity index (χ2n) is 3.89. The number of para-hydroxylation sites is 1. The number of alkyl halides is 3. The maximum atomic E-state index is 12.7. The monoisotopic (exact) mass is 302 g/mol. The van der Waals surface area contributed by atoms with Crippen LogP contribution in [0.2, 0.25) is 0 Å². The molecule has 2 amide bonds. The standard InChI is InChI=1S/C11H9F3N4O3/c12-11(13,14)6-3-1-2-4-7(6)16-9(19)15-5-8-17-10(20)21-18-8/h1-4H,5H2,(H2,15,16,19)(H,17,18,20). The summed E-state index contributed by atoms with van der Waals surface area (Å²) in [5.41, 5.74) is -1.34. The number of aromatic amines is 1. The summed E-state index contributed by atoms with van der Waals surface area (Å²) >= 11 is 0. The number of carbonyl (C=O) groups is 1. The van der Waals surface area contributed by atoms with Crippen LogP contribution in [0.15, 0.2) is 33.6 Å². The van der Waals surface area contributed by atoms with Gasteiger partial charge < -0.3 is 10.6 Å². The van der Waals surface area contributed by atoms with Crippen LogP contribution in [-0.2, 0) is 12.7 Å². The predicted octanol–water partition coefficient (Wildman–Crippen LogP) is 1.70. The van der Waals surface area contributed by atoms with E-state index in [-0.39, 0.29) is 18.1 Å². The van der Waals surface area contributed by atoms with Crippen LogP contribution in [0.4, 0.5) is 23.7 Å². The highest BCUT2D eigenvalue weighted by atomic mass is 19.4. The highest BCUT2D eigenvalue weighted by molar-refractivity contribution is 5.90. The van der Waals surface area contributed by atoms with E-state index in [0.29, 0.717) is 0 Å². The van der Waals surface area contributed by atoms with Crippen LogP contribution in [0, 0.1) is 0 Å². The molecule has 1 aromatic heterocycles. The molecular formula is C11H9F3N4O3. The molecule has 1 heterocycles. The van der Waals surface area contributed by atoms with Crippen molar-refractivity contribution in [1.29, 1.82) is 0 Å². The Labute approximate surface area is 115 Å². The van der Waals surface area contributed by atoms with Crippen molar-refractivity contribution in [2.24, 2.45) is 0 Å². The van der Waals surface area contributed by atoms with Gasteiger partial charge in [0.2, 0.25) is 0 Å². The summed E-state index contributed by atoms with van der Waals surface area (Å²) in [5, 5.41) is 7.59. The second-order valence-corrected chi connectivity index (χ2v) is 3.89. The Bertz CT molecular complexity index is 692. The Morgan fingerprint density at radius 2 is 2.05 bits per heavy atom. The molecule has 2 rings (SSSR count). The molecular weight excluding hydrogens is 293 g/mol. The minimum absolute atomic E-state index is 0.0410. The number of H-pyrrole nitrogens is 1. The van der Waals surface area contributed by atoms with E-state index >= 15 is 0 Å². The SMILES string of the molecule is O=C(NCc1noc(=O)[nH]1)Nc1ccccc1C(F)(F)F. The first-order chi connectivity index (χ1) is 9.86. The number of carbonyl (C=O) groups excluding carboxylic acids is 1. The normalized spacial score (nSPS) is 11.2. The molecule has 3 N–H and O–H groups in total. The average Bonchev–Trinajstić information content (AvgIpc) is 2.82. The van der Waals surface area contributed by atoms with Gasteiger partial charge in [0.05, 0.1) is 17.8 Å². The number of anilines is 1. The fraction of sp³-hybridized carbons (Fsp3) is 0.182. The summed E-state index contributed by atoms with van der Waals surface area (Å²) < 4.78 is 42.4. The molecule has 0 aliphatic carbocycles. The first-order valence-corrected chi connectivity index (χ1v) is 5.62. The molecule has 10 heteroatoms. The van der Waals surface area contributed by atoms with Gasteiger partial charge in [0.1, 0.15) is 0 Å². The topological polar surface area (TPSA) is 100 Å². The molecule has 0 aliphatic heterocycles. The molecule has 0 aliphatic rings. The average molecular weight is 302 g/mol. The largest absolute Gasteiger partial charge is 0.438 e. The minimum atomic E-state index is -4.58. The van der Waals surface area contributed by atoms with Gasteiger partial charge in [-0.25, -0.2) is 9.59 Å². The number of urea groups is 1. The number of nitrogens with zero attached hydrogens (tertiary/aromatic N) is 1. The van der Waals surface area contributed by atoms with Crippen LogP contribution >= 0.6 is 0 Å². The first-order valence-electron chi connectivity index (χ1n) is 5.62. The Kier molecular flexibility index (Phi) is 3.96. The van der Waals surface area contributed by atoms with Crippen LogP contribution in [-0.4, -0.2) is 16.2 Å². The Morgan fingerprint density at radius 3 is 2.67 bits per heavy atom. The molecule has 112 valence electrons. The second kappa shape index (κ2) is 5.69. The maximum absolute atomic E-state index is 12.7. The van der Waals surface area contributed by atoms with E-state index in [9.17, 15) is 22.8 Å². The van der Waals surface area contributed by atoms with Crippen molar-refractivity contribution in [3.05, 3.63) is 46.2 Å². The highest BCUT2D eigenvalue weighted by Crippen LogP contribution is 2.34. The number of benzene rings is 1. The number of aromatic nitrogens is 2. The van der Waals surface area contributed by atoms with Crippen molar-refractivity contribution in [1.82, 2.24) is 15.5 Å². The van der Waals surface area contributed by atoms with Crippen LogP contribution in [0.3, 0.4) is 0 Å². The van der Waals surface area contributed by atoms with Crippen LogP contribution in [0.1, 0.15) is 11.4 Å². The molecule has 1 aromatic carbocycles. The van der Waals surface area contributed by atoms with E-state index in [2.05, 4.69) is 25.3 Å². The summed E-state index contributed by atoms with van der Waals surface area (Å²) in [4.78, 5) is 24.3. The zero-order chi connectivity index (χ0) is 15.5. The number of amides is 2. The molecule has 21 heavy (non-hydrogen) atoms. The fourth-order valence-electron chi connectivity index (χ4n) is 1.51. The number of hydrogen-bond acceptors (Lipinski definition) is 4. The maximum Gasteiger partial charge on any atom is 0.438 e. The molecule has 0 saturated carbocycles. The molecule has 0 saturated heterocycles. The van der Waals surface area contributed by atoms with Gasteiger partial charge in [-0.05, 0) is 12.1 Å². The van der Waals surface area contributed by atoms with Gasteiger partial charge in [0.25, 0.3) is 0 Å². The lowest BCUT2D eigenvalue weighted by atomic mass is 10.1. The van der Waals surface area contributed by atoms with Crippen molar-refractivity contribution in [2.45, 2.75) is 12.7 Å². The molecule has 0 radical (unpaired) electrons. The Morgan fingerprint density at radius 1 is 1.33 bits per heavy atom. The molecule has 0 unspecified atom stereocenters. The van der Waals surface area contributed by atoms with Crippen molar-refractivity contribution < 1.29 is 22.5 Å². The predicted molar refractivity (Wildman–Crippen MR) is 64.4 cm³/mol. The van der Waals surface area contributed by atoms with E-state index in [1.807, 2.05) is 0 Å². The van der Waals surface area contributed by atoms with Gasteiger partial charge in [-0.15, -0.1) is 0 Å². The summed E-state index contributed by atoms with van der Waals surface area (Å²) in [5.74, 6) is -0.756. The third kappa shape index (κ3) is 3.84. The molecule has 0 fully saturated rings. The Hall–Kier alpha value is -2.78. The van der Waals surface area contributed by atoms with Crippen LogP contribution in [0.5, 0.6) is 0 Å². The lowest BCUT2D eigenvalue weighted by Gasteiger charge is -2.13. The van der Waals surface area contributed by atoms with Gasteiger partial charge in [-0.3, -0.25) is 9.51 Å². The molecule has 0 bridgehead atoms. The zero-order valence-corrected chi connectivity index (χ0v) is 10.3. The number of nitrogens with one attached hydrogen (secondary N) is 3. The summed E-state index contributed by atoms with van der Waals surface area (Å²) in [6.45, 7) is -0.203. The van der Waals surface area contributed by atoms with Crippen molar-refractivity contribution in [2.75, 3.05) is 5.32 Å². The molecule has 7 nitrogen and oxygen atoms in total. The fourth-order valence-corrected chi connectivity index (χ4v) is 1.51. The number of hydrogen-bond donors (Lipinski definition) is 3. The third-order valence-corrected chi connectivity index (χ3v) is 2.38. The first kappa shape index (κ1) is 14.6. The van der Waals surface area contributed by atoms with E-state index in [1.54, 1.807) is 0 Å². The highest BCUT2D eigenvalue weighted by Gasteiger charge is 2.33. The van der Waals surface area contributed by atoms with Gasteiger partial charge in [-0.2, -0.15) is 13.2 Å². The lowest BCUT2D eigenvalue weighted by molar-refractivity contribution is -0.136. The van der Waals surface area contributed by atoms with Gasteiger partial charge in [-0.1, -0.05) is 17.3 Å². The van der Waals surface area contributed by atoms with Gasteiger partial charge in [0.15, 0.2) is 5.82 Å². The minimum Gasteiger partial charge on any atom is -0.331 e. The van der Waals surface area contributed by atoms with E-state index < -0.39 is 23.5 Å². The van der Waals surface area contributed by atoms with Gasteiger partial charge in [0, 0.05) is 0 Å². The number of rotatable bonds is 3. The van der Waals surface area contributed by atoms with E-state index in [1.165, 1.54) is 12.1 Å². The Balaban J connectivity index is 2.01.